The number of benzene rings is 2. The summed E-state index contributed by atoms with van der Waals surface area (Å²) in [6.45, 7) is 0. The average molecular weight is 328 g/mol. The summed E-state index contributed by atoms with van der Waals surface area (Å²) in [5.74, 6) is -1.65. The Morgan fingerprint density at radius 1 is 1.14 bits per heavy atom. The molecule has 0 radical (unpaired) electrons. The molecular formula is C13H10ClNO5S. The minimum absolute atomic E-state index is 0.0978. The van der Waals surface area contributed by atoms with Crippen LogP contribution < -0.4 is 4.72 Å². The van der Waals surface area contributed by atoms with Crippen molar-refractivity contribution in [3.63, 3.8) is 0 Å². The maximum Gasteiger partial charge on any atom is 0.337 e. The van der Waals surface area contributed by atoms with Crippen molar-refractivity contribution in [2.45, 2.75) is 4.90 Å². The normalized spacial score (nSPS) is 11.1. The second-order valence-electron chi connectivity index (χ2n) is 4.10. The van der Waals surface area contributed by atoms with Crippen molar-refractivity contribution < 1.29 is 23.4 Å². The molecule has 0 aliphatic rings. The van der Waals surface area contributed by atoms with Gasteiger partial charge in [0.25, 0.3) is 10.0 Å². The number of carboxylic acid groups (broad SMARTS) is 1. The predicted molar refractivity (Wildman–Crippen MR) is 77.3 cm³/mol. The molecular weight excluding hydrogens is 318 g/mol. The van der Waals surface area contributed by atoms with Crippen LogP contribution in [0.4, 0.5) is 5.69 Å². The quantitative estimate of drug-likeness (QED) is 0.749. The van der Waals surface area contributed by atoms with E-state index in [0.29, 0.717) is 0 Å². The van der Waals surface area contributed by atoms with Gasteiger partial charge in [0.15, 0.2) is 0 Å². The van der Waals surface area contributed by atoms with Gasteiger partial charge in [-0.1, -0.05) is 17.7 Å². The molecule has 0 fully saturated rings. The topological polar surface area (TPSA) is 104 Å². The van der Waals surface area contributed by atoms with Crippen LogP contribution in [0.25, 0.3) is 0 Å². The van der Waals surface area contributed by atoms with E-state index in [2.05, 4.69) is 4.72 Å². The van der Waals surface area contributed by atoms with Gasteiger partial charge in [-0.15, -0.1) is 0 Å². The van der Waals surface area contributed by atoms with Crippen LogP contribution in [0.2, 0.25) is 5.02 Å². The van der Waals surface area contributed by atoms with E-state index in [9.17, 15) is 18.3 Å². The number of phenols is 1. The number of carboxylic acids is 1. The molecule has 0 amide bonds. The number of hydrogen-bond donors (Lipinski definition) is 3. The first-order valence-electron chi connectivity index (χ1n) is 5.64. The Morgan fingerprint density at radius 3 is 2.48 bits per heavy atom. The summed E-state index contributed by atoms with van der Waals surface area (Å²) < 4.78 is 26.5. The van der Waals surface area contributed by atoms with Gasteiger partial charge in [0.05, 0.1) is 16.1 Å². The van der Waals surface area contributed by atoms with E-state index in [0.717, 1.165) is 6.07 Å². The van der Waals surface area contributed by atoms with Crippen molar-refractivity contribution in [2.24, 2.45) is 0 Å². The Hall–Kier alpha value is -2.25. The van der Waals surface area contributed by atoms with Gasteiger partial charge >= 0.3 is 5.97 Å². The largest absolute Gasteiger partial charge is 0.508 e. The van der Waals surface area contributed by atoms with Crippen LogP contribution in [0.3, 0.4) is 0 Å². The first-order valence-corrected chi connectivity index (χ1v) is 7.50. The number of rotatable bonds is 4. The molecule has 0 aromatic heterocycles. The van der Waals surface area contributed by atoms with Gasteiger partial charge in [0.2, 0.25) is 0 Å². The number of aromatic hydroxyl groups is 1. The van der Waals surface area contributed by atoms with E-state index in [4.69, 9.17) is 16.7 Å². The standard InChI is InChI=1S/C13H10ClNO5S/c14-8-2-1-3-10(6-8)21(19,20)15-12-5-4-9(16)7-11(12)13(17)18/h1-7,15-16H,(H,17,18). The molecule has 0 aliphatic heterocycles. The van der Waals surface area contributed by atoms with Crippen LogP contribution >= 0.6 is 11.6 Å². The van der Waals surface area contributed by atoms with Gasteiger partial charge in [-0.3, -0.25) is 4.72 Å². The number of aromatic carboxylic acids is 1. The predicted octanol–water partition coefficient (Wildman–Crippen LogP) is 2.54. The van der Waals surface area contributed by atoms with E-state index in [1.807, 2.05) is 0 Å². The number of sulfonamides is 1. The van der Waals surface area contributed by atoms with Crippen LogP contribution in [0.15, 0.2) is 47.4 Å². The van der Waals surface area contributed by atoms with Crippen molar-refractivity contribution in [3.8, 4) is 5.75 Å². The molecule has 0 saturated carbocycles. The number of phenolic OH excluding ortho intramolecular Hbond substituents is 1. The molecule has 110 valence electrons. The zero-order valence-corrected chi connectivity index (χ0v) is 12.0. The lowest BCUT2D eigenvalue weighted by molar-refractivity contribution is 0.0697. The van der Waals surface area contributed by atoms with E-state index >= 15 is 0 Å². The smallest absolute Gasteiger partial charge is 0.337 e. The van der Waals surface area contributed by atoms with Crippen LogP contribution in [-0.2, 0) is 10.0 Å². The summed E-state index contributed by atoms with van der Waals surface area (Å²) in [4.78, 5) is 11.0. The third-order valence-electron chi connectivity index (χ3n) is 2.58. The SMILES string of the molecule is O=C(O)c1cc(O)ccc1NS(=O)(=O)c1cccc(Cl)c1. The molecule has 2 aromatic rings. The van der Waals surface area contributed by atoms with E-state index in [1.54, 1.807) is 0 Å². The fourth-order valence-electron chi connectivity index (χ4n) is 1.64. The molecule has 8 heteroatoms. The highest BCUT2D eigenvalue weighted by Gasteiger charge is 2.19. The molecule has 3 N–H and O–H groups in total. The maximum absolute atomic E-state index is 12.2. The summed E-state index contributed by atoms with van der Waals surface area (Å²) in [7, 11) is -3.98. The Morgan fingerprint density at radius 2 is 1.86 bits per heavy atom. The summed E-state index contributed by atoms with van der Waals surface area (Å²) in [6.07, 6.45) is 0. The van der Waals surface area contributed by atoms with E-state index in [1.165, 1.54) is 36.4 Å². The first-order chi connectivity index (χ1) is 9.79. The average Bonchev–Trinajstić information content (AvgIpc) is 2.40. The maximum atomic E-state index is 12.2. The highest BCUT2D eigenvalue weighted by atomic mass is 35.5. The molecule has 0 spiro atoms. The molecule has 0 aliphatic carbocycles. The molecule has 21 heavy (non-hydrogen) atoms. The molecule has 2 rings (SSSR count). The molecule has 0 heterocycles. The zero-order chi connectivity index (χ0) is 15.6. The highest BCUT2D eigenvalue weighted by Crippen LogP contribution is 2.25. The van der Waals surface area contributed by atoms with Crippen molar-refractivity contribution in [3.05, 3.63) is 53.1 Å². The third kappa shape index (κ3) is 3.45. The molecule has 6 nitrogen and oxygen atoms in total. The fraction of sp³-hybridized carbons (Fsp3) is 0. The number of nitrogens with one attached hydrogen (secondary N) is 1. The minimum atomic E-state index is -3.98. The van der Waals surface area contributed by atoms with Crippen molar-refractivity contribution in [2.75, 3.05) is 4.72 Å². The summed E-state index contributed by atoms with van der Waals surface area (Å²) in [6, 6.07) is 8.86. The summed E-state index contributed by atoms with van der Waals surface area (Å²) in [5.41, 5.74) is -0.513. The lowest BCUT2D eigenvalue weighted by atomic mass is 10.2. The van der Waals surface area contributed by atoms with Gasteiger partial charge in [-0.25, -0.2) is 13.2 Å². The summed E-state index contributed by atoms with van der Waals surface area (Å²) in [5, 5.41) is 18.6. The van der Waals surface area contributed by atoms with Crippen molar-refractivity contribution >= 4 is 33.3 Å². The Kier molecular flexibility index (Phi) is 4.06. The lowest BCUT2D eigenvalue weighted by Gasteiger charge is -2.11. The highest BCUT2D eigenvalue weighted by molar-refractivity contribution is 7.92. The number of hydrogen-bond acceptors (Lipinski definition) is 4. The van der Waals surface area contributed by atoms with Gasteiger partial charge < -0.3 is 10.2 Å². The van der Waals surface area contributed by atoms with Gasteiger partial charge in [0, 0.05) is 5.02 Å². The van der Waals surface area contributed by atoms with Gasteiger partial charge in [-0.05, 0) is 36.4 Å². The number of halogens is 1. The Bertz CT molecular complexity index is 804. The van der Waals surface area contributed by atoms with Crippen LogP contribution in [0.1, 0.15) is 10.4 Å². The molecule has 0 atom stereocenters. The van der Waals surface area contributed by atoms with E-state index < -0.39 is 16.0 Å². The number of carbonyl (C=O) groups is 1. The van der Waals surface area contributed by atoms with Crippen molar-refractivity contribution in [1.82, 2.24) is 0 Å². The Labute approximate surface area is 125 Å². The minimum Gasteiger partial charge on any atom is -0.508 e. The van der Waals surface area contributed by atoms with Crippen LogP contribution in [0, 0.1) is 0 Å². The number of anilines is 1. The fourth-order valence-corrected chi connectivity index (χ4v) is 3.02. The Balaban J connectivity index is 2.44. The van der Waals surface area contributed by atoms with Crippen molar-refractivity contribution in [1.29, 1.82) is 0 Å². The second kappa shape index (κ2) is 5.63. The molecule has 0 bridgehead atoms. The van der Waals surface area contributed by atoms with Gasteiger partial charge in [-0.2, -0.15) is 0 Å². The molecule has 0 saturated heterocycles. The molecule has 0 unspecified atom stereocenters. The zero-order valence-electron chi connectivity index (χ0n) is 10.4. The van der Waals surface area contributed by atoms with Crippen LogP contribution in [-0.4, -0.2) is 24.6 Å². The summed E-state index contributed by atoms with van der Waals surface area (Å²) >= 11 is 5.74. The lowest BCUT2D eigenvalue weighted by Crippen LogP contribution is -2.15. The van der Waals surface area contributed by atoms with Crippen LogP contribution in [0.5, 0.6) is 5.75 Å². The molecule has 2 aromatic carbocycles. The second-order valence-corrected chi connectivity index (χ2v) is 6.22. The van der Waals surface area contributed by atoms with E-state index in [-0.39, 0.29) is 26.9 Å². The first kappa shape index (κ1) is 15.1. The monoisotopic (exact) mass is 327 g/mol. The third-order valence-corrected chi connectivity index (χ3v) is 4.18. The van der Waals surface area contributed by atoms with Gasteiger partial charge in [0.1, 0.15) is 5.75 Å².